The highest BCUT2D eigenvalue weighted by atomic mass is 16.4. The molecular weight excluding hydrogens is 216 g/mol. The molecule has 0 heterocycles. The van der Waals surface area contributed by atoms with E-state index in [2.05, 4.69) is 23.6 Å². The molecule has 1 unspecified atom stereocenters. The van der Waals surface area contributed by atoms with Gasteiger partial charge in [-0.1, -0.05) is 27.7 Å². The Hall–Kier alpha value is -0.610. The van der Waals surface area contributed by atoms with Gasteiger partial charge in [-0.2, -0.15) is 0 Å². The molecule has 0 aliphatic rings. The Labute approximate surface area is 106 Å². The molecule has 0 aromatic carbocycles. The number of hydrogen-bond acceptors (Lipinski definition) is 3. The van der Waals surface area contributed by atoms with Crippen LogP contribution in [0, 0.1) is 11.8 Å². The Morgan fingerprint density at radius 3 is 1.94 bits per heavy atom. The molecule has 0 saturated carbocycles. The quantitative estimate of drug-likeness (QED) is 0.704. The van der Waals surface area contributed by atoms with Gasteiger partial charge in [0.15, 0.2) is 0 Å². The van der Waals surface area contributed by atoms with E-state index in [-0.39, 0.29) is 12.0 Å². The molecule has 0 fully saturated rings. The van der Waals surface area contributed by atoms with Gasteiger partial charge in [-0.25, -0.2) is 0 Å². The van der Waals surface area contributed by atoms with Crippen molar-refractivity contribution in [3.63, 3.8) is 0 Å². The summed E-state index contributed by atoms with van der Waals surface area (Å²) in [4.78, 5) is 15.5. The normalized spacial score (nSPS) is 14.0. The van der Waals surface area contributed by atoms with E-state index < -0.39 is 5.97 Å². The number of likely N-dealkylation sites (N-methyl/N-ethyl adjacent to an activating group) is 1. The van der Waals surface area contributed by atoms with Crippen molar-refractivity contribution in [1.82, 2.24) is 9.80 Å². The van der Waals surface area contributed by atoms with Crippen molar-refractivity contribution >= 4 is 5.97 Å². The number of carboxylic acid groups (broad SMARTS) is 1. The van der Waals surface area contributed by atoms with Gasteiger partial charge in [0, 0.05) is 19.6 Å². The lowest BCUT2D eigenvalue weighted by atomic mass is 10.0. The van der Waals surface area contributed by atoms with E-state index in [0.29, 0.717) is 5.92 Å². The first-order chi connectivity index (χ1) is 7.75. The van der Waals surface area contributed by atoms with Crippen LogP contribution in [0.2, 0.25) is 0 Å². The second kappa shape index (κ2) is 7.67. The van der Waals surface area contributed by atoms with Crippen molar-refractivity contribution < 1.29 is 9.90 Å². The van der Waals surface area contributed by atoms with E-state index in [1.807, 2.05) is 27.9 Å². The molecule has 0 bridgehead atoms. The minimum atomic E-state index is -0.709. The van der Waals surface area contributed by atoms with Crippen molar-refractivity contribution in [3.8, 4) is 0 Å². The maximum atomic E-state index is 11.4. The summed E-state index contributed by atoms with van der Waals surface area (Å²) in [6, 6.07) is -0.377. The van der Waals surface area contributed by atoms with Crippen LogP contribution in [0.5, 0.6) is 0 Å². The first-order valence-electron chi connectivity index (χ1n) is 6.37. The van der Waals surface area contributed by atoms with E-state index in [4.69, 9.17) is 0 Å². The molecule has 4 nitrogen and oxygen atoms in total. The number of carbonyl (C=O) groups is 1. The van der Waals surface area contributed by atoms with Gasteiger partial charge < -0.3 is 10.0 Å². The number of nitrogens with zero attached hydrogens (tertiary/aromatic N) is 2. The lowest BCUT2D eigenvalue weighted by Crippen LogP contribution is -2.48. The third-order valence-corrected chi connectivity index (χ3v) is 2.71. The molecule has 0 radical (unpaired) electrons. The summed E-state index contributed by atoms with van der Waals surface area (Å²) in [6.45, 7) is 10.7. The van der Waals surface area contributed by atoms with Crippen LogP contribution < -0.4 is 0 Å². The van der Waals surface area contributed by atoms with Gasteiger partial charge in [-0.05, 0) is 25.9 Å². The van der Waals surface area contributed by atoms with E-state index in [0.717, 1.165) is 19.6 Å². The number of aliphatic carboxylic acids is 1. The zero-order valence-electron chi connectivity index (χ0n) is 12.1. The minimum absolute atomic E-state index is 0.133. The second-order valence-electron chi connectivity index (χ2n) is 5.72. The van der Waals surface area contributed by atoms with Crippen LogP contribution in [0.3, 0.4) is 0 Å². The predicted molar refractivity (Wildman–Crippen MR) is 71.2 cm³/mol. The van der Waals surface area contributed by atoms with Gasteiger partial charge in [0.25, 0.3) is 0 Å². The van der Waals surface area contributed by atoms with Gasteiger partial charge in [0.05, 0.1) is 0 Å². The van der Waals surface area contributed by atoms with E-state index in [9.17, 15) is 9.90 Å². The second-order valence-corrected chi connectivity index (χ2v) is 5.72. The fraction of sp³-hybridized carbons (Fsp3) is 0.923. The summed E-state index contributed by atoms with van der Waals surface area (Å²) in [5.74, 6) is -0.0921. The van der Waals surface area contributed by atoms with Crippen LogP contribution in [0.4, 0.5) is 0 Å². The summed E-state index contributed by atoms with van der Waals surface area (Å²) in [7, 11) is 4.03. The highest BCUT2D eigenvalue weighted by Gasteiger charge is 2.28. The molecule has 4 heteroatoms. The smallest absolute Gasteiger partial charge is 0.321 e. The third kappa shape index (κ3) is 6.64. The Morgan fingerprint density at radius 1 is 1.12 bits per heavy atom. The first kappa shape index (κ1) is 16.4. The van der Waals surface area contributed by atoms with Crippen molar-refractivity contribution in [1.29, 1.82) is 0 Å². The first-order valence-corrected chi connectivity index (χ1v) is 6.37. The van der Waals surface area contributed by atoms with Crippen LogP contribution in [0.15, 0.2) is 0 Å². The molecular formula is C13H28N2O2. The Kier molecular flexibility index (Phi) is 7.39. The van der Waals surface area contributed by atoms with Crippen LogP contribution in [0.1, 0.15) is 27.7 Å². The maximum Gasteiger partial charge on any atom is 0.321 e. The van der Waals surface area contributed by atoms with Crippen molar-refractivity contribution in [2.24, 2.45) is 11.8 Å². The SMILES string of the molecule is CC(C)CN(CCN(C)C)C(C(=O)O)C(C)C. The summed E-state index contributed by atoms with van der Waals surface area (Å²) in [6.07, 6.45) is 0. The summed E-state index contributed by atoms with van der Waals surface area (Å²) >= 11 is 0. The zero-order valence-corrected chi connectivity index (χ0v) is 12.1. The number of carboxylic acids is 1. The van der Waals surface area contributed by atoms with Gasteiger partial charge in [0.1, 0.15) is 6.04 Å². The molecule has 1 N–H and O–H groups in total. The Bertz CT molecular complexity index is 227. The Morgan fingerprint density at radius 2 is 1.65 bits per heavy atom. The van der Waals surface area contributed by atoms with Gasteiger partial charge in [0.2, 0.25) is 0 Å². The predicted octanol–water partition coefficient (Wildman–Crippen LogP) is 1.62. The van der Waals surface area contributed by atoms with Crippen LogP contribution in [0.25, 0.3) is 0 Å². The number of hydrogen-bond donors (Lipinski definition) is 1. The summed E-state index contributed by atoms with van der Waals surface area (Å²) < 4.78 is 0. The van der Waals surface area contributed by atoms with E-state index in [1.54, 1.807) is 0 Å². The number of rotatable bonds is 8. The van der Waals surface area contributed by atoms with Crippen LogP contribution in [-0.2, 0) is 4.79 Å². The molecule has 0 aliphatic heterocycles. The molecule has 17 heavy (non-hydrogen) atoms. The van der Waals surface area contributed by atoms with E-state index >= 15 is 0 Å². The standard InChI is InChI=1S/C13H28N2O2/c1-10(2)9-15(8-7-14(5)6)12(11(3)4)13(16)17/h10-12H,7-9H2,1-6H3,(H,16,17). The lowest BCUT2D eigenvalue weighted by Gasteiger charge is -2.33. The molecule has 0 saturated heterocycles. The average Bonchev–Trinajstić information content (AvgIpc) is 2.11. The monoisotopic (exact) mass is 244 g/mol. The highest BCUT2D eigenvalue weighted by Crippen LogP contribution is 2.13. The largest absolute Gasteiger partial charge is 0.480 e. The molecule has 1 atom stereocenters. The highest BCUT2D eigenvalue weighted by molar-refractivity contribution is 5.73. The van der Waals surface area contributed by atoms with Crippen LogP contribution in [-0.4, -0.2) is 60.6 Å². The molecule has 102 valence electrons. The molecule has 0 rings (SSSR count). The Balaban J connectivity index is 4.66. The van der Waals surface area contributed by atoms with Gasteiger partial charge >= 0.3 is 5.97 Å². The van der Waals surface area contributed by atoms with Gasteiger partial charge in [-0.15, -0.1) is 0 Å². The van der Waals surface area contributed by atoms with Crippen molar-refractivity contribution in [2.45, 2.75) is 33.7 Å². The minimum Gasteiger partial charge on any atom is -0.480 e. The zero-order chi connectivity index (χ0) is 13.6. The molecule has 0 aromatic heterocycles. The average molecular weight is 244 g/mol. The third-order valence-electron chi connectivity index (χ3n) is 2.71. The lowest BCUT2D eigenvalue weighted by molar-refractivity contribution is -0.145. The molecule has 0 spiro atoms. The molecule has 0 aliphatic carbocycles. The van der Waals surface area contributed by atoms with Crippen molar-refractivity contribution in [3.05, 3.63) is 0 Å². The van der Waals surface area contributed by atoms with Gasteiger partial charge in [-0.3, -0.25) is 9.69 Å². The fourth-order valence-corrected chi connectivity index (χ4v) is 2.00. The van der Waals surface area contributed by atoms with E-state index in [1.165, 1.54) is 0 Å². The van der Waals surface area contributed by atoms with Crippen LogP contribution >= 0.6 is 0 Å². The summed E-state index contributed by atoms with van der Waals surface area (Å²) in [5, 5.41) is 9.34. The molecule has 0 aromatic rings. The topological polar surface area (TPSA) is 43.8 Å². The maximum absolute atomic E-state index is 11.4. The van der Waals surface area contributed by atoms with Crippen molar-refractivity contribution in [2.75, 3.05) is 33.7 Å². The summed E-state index contributed by atoms with van der Waals surface area (Å²) in [5.41, 5.74) is 0. The molecule has 0 amide bonds. The fourth-order valence-electron chi connectivity index (χ4n) is 2.00.